The molecule has 2 atom stereocenters. The Kier molecular flexibility index (Phi) is 5.79. The molecule has 1 fully saturated rings. The molecule has 5 nitrogen and oxygen atoms in total. The first-order valence-corrected chi connectivity index (χ1v) is 7.10. The van der Waals surface area contributed by atoms with Crippen LogP contribution in [0.3, 0.4) is 0 Å². The van der Waals surface area contributed by atoms with Gasteiger partial charge in [-0.3, -0.25) is 9.59 Å². The molecule has 4 N–H and O–H groups in total. The molecule has 110 valence electrons. The number of carbonyl (C=O) groups excluding carboxylic acids is 2. The smallest absolute Gasteiger partial charge is 0.220 e. The fraction of sp³-hybridized carbons (Fsp3) is 0.857. The number of nitrogens with two attached hydrogens (primary N) is 1. The molecule has 0 bridgehead atoms. The van der Waals surface area contributed by atoms with E-state index in [4.69, 9.17) is 5.73 Å². The largest absolute Gasteiger partial charge is 0.370 e. The summed E-state index contributed by atoms with van der Waals surface area (Å²) in [4.78, 5) is 22.9. The van der Waals surface area contributed by atoms with E-state index in [9.17, 15) is 9.59 Å². The first kappa shape index (κ1) is 16.0. The summed E-state index contributed by atoms with van der Waals surface area (Å²) in [6.45, 7) is 7.85. The fourth-order valence-electron chi connectivity index (χ4n) is 2.73. The number of piperidine rings is 1. The summed E-state index contributed by atoms with van der Waals surface area (Å²) in [6.07, 6.45) is 3.04. The predicted molar refractivity (Wildman–Crippen MR) is 75.4 cm³/mol. The van der Waals surface area contributed by atoms with E-state index in [1.807, 2.05) is 13.8 Å². The van der Waals surface area contributed by atoms with E-state index in [2.05, 4.69) is 17.6 Å². The summed E-state index contributed by atoms with van der Waals surface area (Å²) in [6, 6.07) is 0. The quantitative estimate of drug-likeness (QED) is 0.666. The number of rotatable bonds is 6. The number of hydrogen-bond donors (Lipinski definition) is 3. The van der Waals surface area contributed by atoms with Crippen molar-refractivity contribution in [2.45, 2.75) is 52.0 Å². The van der Waals surface area contributed by atoms with E-state index in [1.165, 1.54) is 12.8 Å². The molecule has 0 radical (unpaired) electrons. The molecule has 19 heavy (non-hydrogen) atoms. The summed E-state index contributed by atoms with van der Waals surface area (Å²) in [5, 5.41) is 6.27. The minimum absolute atomic E-state index is 0.00400. The second-order valence-corrected chi connectivity index (χ2v) is 6.36. The molecule has 2 unspecified atom stereocenters. The monoisotopic (exact) mass is 269 g/mol. The van der Waals surface area contributed by atoms with E-state index in [0.29, 0.717) is 18.3 Å². The molecular formula is C14H27N3O2. The lowest BCUT2D eigenvalue weighted by molar-refractivity contribution is -0.125. The summed E-state index contributed by atoms with van der Waals surface area (Å²) in [5.41, 5.74) is 4.61. The van der Waals surface area contributed by atoms with Gasteiger partial charge >= 0.3 is 0 Å². The summed E-state index contributed by atoms with van der Waals surface area (Å²) >= 11 is 0. The standard InChI is InChI=1S/C14H27N3O2/c1-10(11-5-4-6-16-9-11)7-13(19)17-14(2,3)8-12(15)18/h10-11,16H,4-9H2,1-3H3,(H2,15,18)(H,17,19). The Morgan fingerprint density at radius 1 is 1.47 bits per heavy atom. The minimum atomic E-state index is -0.562. The summed E-state index contributed by atoms with van der Waals surface area (Å²) in [5.74, 6) is 0.537. The number of primary amides is 1. The zero-order valence-corrected chi connectivity index (χ0v) is 12.3. The summed E-state index contributed by atoms with van der Waals surface area (Å²) < 4.78 is 0. The maximum atomic E-state index is 12.0. The van der Waals surface area contributed by atoms with Gasteiger partial charge in [0.2, 0.25) is 11.8 Å². The second-order valence-electron chi connectivity index (χ2n) is 6.36. The predicted octanol–water partition coefficient (Wildman–Crippen LogP) is 0.782. The molecule has 5 heteroatoms. The number of hydrogen-bond acceptors (Lipinski definition) is 3. The van der Waals surface area contributed by atoms with Gasteiger partial charge in [-0.25, -0.2) is 0 Å². The third-order valence-electron chi connectivity index (χ3n) is 3.74. The van der Waals surface area contributed by atoms with Crippen LogP contribution in [0.2, 0.25) is 0 Å². The Labute approximate surface area is 115 Å². The minimum Gasteiger partial charge on any atom is -0.370 e. The molecular weight excluding hydrogens is 242 g/mol. The highest BCUT2D eigenvalue weighted by molar-refractivity contribution is 5.79. The van der Waals surface area contributed by atoms with Gasteiger partial charge in [-0.1, -0.05) is 6.92 Å². The Hall–Kier alpha value is -1.10. The van der Waals surface area contributed by atoms with Crippen LogP contribution >= 0.6 is 0 Å². The van der Waals surface area contributed by atoms with Crippen molar-refractivity contribution < 1.29 is 9.59 Å². The van der Waals surface area contributed by atoms with Gasteiger partial charge in [0.25, 0.3) is 0 Å². The van der Waals surface area contributed by atoms with E-state index >= 15 is 0 Å². The third-order valence-corrected chi connectivity index (χ3v) is 3.74. The molecule has 0 aliphatic carbocycles. The van der Waals surface area contributed by atoms with E-state index in [-0.39, 0.29) is 12.3 Å². The molecule has 2 amide bonds. The van der Waals surface area contributed by atoms with E-state index < -0.39 is 11.4 Å². The summed E-state index contributed by atoms with van der Waals surface area (Å²) in [7, 11) is 0. The van der Waals surface area contributed by atoms with Gasteiger partial charge in [-0.05, 0) is 51.6 Å². The lowest BCUT2D eigenvalue weighted by Gasteiger charge is -2.30. The van der Waals surface area contributed by atoms with Crippen LogP contribution in [0.25, 0.3) is 0 Å². The van der Waals surface area contributed by atoms with Crippen LogP contribution in [0.4, 0.5) is 0 Å². The highest BCUT2D eigenvalue weighted by Gasteiger charge is 2.26. The van der Waals surface area contributed by atoms with Crippen molar-refractivity contribution in [2.75, 3.05) is 13.1 Å². The van der Waals surface area contributed by atoms with Gasteiger partial charge in [0.15, 0.2) is 0 Å². The SMILES string of the molecule is CC(CC(=O)NC(C)(C)CC(N)=O)C1CCCNC1. The van der Waals surface area contributed by atoms with Crippen LogP contribution in [0.1, 0.15) is 46.5 Å². The van der Waals surface area contributed by atoms with Crippen molar-refractivity contribution in [3.05, 3.63) is 0 Å². The number of amides is 2. The Morgan fingerprint density at radius 3 is 2.68 bits per heavy atom. The first-order valence-electron chi connectivity index (χ1n) is 7.10. The van der Waals surface area contributed by atoms with Crippen LogP contribution in [0.15, 0.2) is 0 Å². The van der Waals surface area contributed by atoms with Gasteiger partial charge in [0.1, 0.15) is 0 Å². The Balaban J connectivity index is 2.39. The van der Waals surface area contributed by atoms with Crippen molar-refractivity contribution in [3.8, 4) is 0 Å². The highest BCUT2D eigenvalue weighted by Crippen LogP contribution is 2.22. The number of nitrogens with one attached hydrogen (secondary N) is 2. The normalized spacial score (nSPS) is 21.7. The van der Waals surface area contributed by atoms with Gasteiger partial charge in [-0.2, -0.15) is 0 Å². The molecule has 0 aromatic carbocycles. The van der Waals surface area contributed by atoms with Gasteiger partial charge in [0, 0.05) is 18.4 Å². The van der Waals surface area contributed by atoms with Crippen LogP contribution in [-0.4, -0.2) is 30.4 Å². The molecule has 1 aliphatic rings. The maximum absolute atomic E-state index is 12.0. The molecule has 1 saturated heterocycles. The zero-order valence-electron chi connectivity index (χ0n) is 12.3. The van der Waals surface area contributed by atoms with E-state index in [1.54, 1.807) is 0 Å². The van der Waals surface area contributed by atoms with Gasteiger partial charge < -0.3 is 16.4 Å². The Bertz CT molecular complexity index is 323. The maximum Gasteiger partial charge on any atom is 0.220 e. The lowest BCUT2D eigenvalue weighted by atomic mass is 9.85. The third kappa shape index (κ3) is 6.05. The second kappa shape index (κ2) is 6.89. The van der Waals surface area contributed by atoms with Crippen molar-refractivity contribution >= 4 is 11.8 Å². The fourth-order valence-corrected chi connectivity index (χ4v) is 2.73. The van der Waals surface area contributed by atoms with Crippen LogP contribution in [0.5, 0.6) is 0 Å². The first-order chi connectivity index (χ1) is 8.80. The van der Waals surface area contributed by atoms with Crippen LogP contribution in [-0.2, 0) is 9.59 Å². The Morgan fingerprint density at radius 2 is 2.16 bits per heavy atom. The van der Waals surface area contributed by atoms with Crippen molar-refractivity contribution in [1.29, 1.82) is 0 Å². The molecule has 0 aromatic heterocycles. The van der Waals surface area contributed by atoms with Crippen LogP contribution in [0, 0.1) is 11.8 Å². The molecule has 1 heterocycles. The number of carbonyl (C=O) groups is 2. The average Bonchev–Trinajstić information content (AvgIpc) is 2.27. The average molecular weight is 269 g/mol. The molecule has 1 rings (SSSR count). The zero-order chi connectivity index (χ0) is 14.5. The molecule has 0 aromatic rings. The molecule has 0 saturated carbocycles. The molecule has 1 aliphatic heterocycles. The highest BCUT2D eigenvalue weighted by atomic mass is 16.2. The van der Waals surface area contributed by atoms with Gasteiger partial charge in [-0.15, -0.1) is 0 Å². The van der Waals surface area contributed by atoms with Crippen molar-refractivity contribution in [1.82, 2.24) is 10.6 Å². The topological polar surface area (TPSA) is 84.2 Å². The van der Waals surface area contributed by atoms with Crippen LogP contribution < -0.4 is 16.4 Å². The lowest BCUT2D eigenvalue weighted by Crippen LogP contribution is -2.47. The van der Waals surface area contributed by atoms with Crippen molar-refractivity contribution in [2.24, 2.45) is 17.6 Å². The van der Waals surface area contributed by atoms with Crippen molar-refractivity contribution in [3.63, 3.8) is 0 Å². The molecule has 0 spiro atoms. The van der Waals surface area contributed by atoms with E-state index in [0.717, 1.165) is 13.1 Å². The van der Waals surface area contributed by atoms with Gasteiger partial charge in [0.05, 0.1) is 0 Å².